The molecule has 0 amide bonds. The van der Waals surface area contributed by atoms with Crippen LogP contribution < -0.4 is 10.4 Å². The summed E-state index contributed by atoms with van der Waals surface area (Å²) in [4.78, 5) is 2.26. The Balaban J connectivity index is 1.05. The van der Waals surface area contributed by atoms with E-state index in [1.807, 2.05) is 48.5 Å². The molecule has 0 heterocycles. The van der Waals surface area contributed by atoms with Crippen molar-refractivity contribution < 1.29 is 35.7 Å². The van der Waals surface area contributed by atoms with Crippen LogP contribution in [0, 0.1) is 0 Å². The minimum absolute atomic E-state index is 0.0875. The maximum Gasteiger partial charge on any atom is 0.204 e. The van der Waals surface area contributed by atoms with Crippen LogP contribution in [0.2, 0.25) is 0 Å². The smallest absolute Gasteiger partial charge is 0.204 e. The Hall–Kier alpha value is -8.56. The Morgan fingerprint density at radius 1 is 0.358 bits per heavy atom. The van der Waals surface area contributed by atoms with E-state index in [2.05, 4.69) is 122 Å². The zero-order chi connectivity index (χ0) is 46.3. The van der Waals surface area contributed by atoms with Crippen molar-refractivity contribution in [3.8, 4) is 95.9 Å². The van der Waals surface area contributed by atoms with Crippen molar-refractivity contribution in [3.63, 3.8) is 0 Å². The van der Waals surface area contributed by atoms with Gasteiger partial charge in [-0.25, -0.2) is 0 Å². The number of phenolic OH excluding ortho intramolecular Hbond substituents is 7. The molecule has 0 fully saturated rings. The SMILES string of the molecule is [B]c1c(O)c(O)c2c(c1O)-c1c(O)c(O)c(O)c(O)c1C21c2ccccc2-c2c(-c3ccc(N(c4ccc(-c5ccccc5)cc4)c4ccc5c(c4)C(C)(C)c4ccccc4-5)cc3)cccc21. The van der Waals surface area contributed by atoms with Gasteiger partial charge in [0, 0.05) is 44.7 Å². The lowest BCUT2D eigenvalue weighted by atomic mass is 9.69. The molecule has 3 aliphatic rings. The fourth-order valence-corrected chi connectivity index (χ4v) is 11.4. The molecule has 8 nitrogen and oxygen atoms in total. The second-order valence-electron chi connectivity index (χ2n) is 18.1. The third-order valence-electron chi connectivity index (χ3n) is 14.4. The van der Waals surface area contributed by atoms with Crippen molar-refractivity contribution in [2.45, 2.75) is 24.7 Å². The van der Waals surface area contributed by atoms with Crippen molar-refractivity contribution in [2.24, 2.45) is 0 Å². The molecule has 0 saturated heterocycles. The molecule has 1 atom stereocenters. The third kappa shape index (κ3) is 5.19. The number of phenols is 7. The summed E-state index contributed by atoms with van der Waals surface area (Å²) < 4.78 is 0. The van der Waals surface area contributed by atoms with Crippen LogP contribution in [0.3, 0.4) is 0 Å². The molecule has 0 saturated carbocycles. The Morgan fingerprint density at radius 2 is 0.851 bits per heavy atom. The van der Waals surface area contributed by atoms with Crippen LogP contribution in [0.15, 0.2) is 164 Å². The second-order valence-corrected chi connectivity index (χ2v) is 18.1. The molecule has 0 aromatic heterocycles. The van der Waals surface area contributed by atoms with Crippen LogP contribution in [0.25, 0.3) is 55.6 Å². The lowest BCUT2D eigenvalue weighted by Crippen LogP contribution is -2.26. The van der Waals surface area contributed by atoms with Crippen LogP contribution >= 0.6 is 0 Å². The Labute approximate surface area is 387 Å². The van der Waals surface area contributed by atoms with Crippen LogP contribution in [0.1, 0.15) is 47.2 Å². The minimum atomic E-state index is -1.74. The Morgan fingerprint density at radius 3 is 1.54 bits per heavy atom. The molecule has 322 valence electrons. The molecular formula is C58H40BNO7. The van der Waals surface area contributed by atoms with Crippen LogP contribution in [-0.4, -0.2) is 43.6 Å². The highest BCUT2D eigenvalue weighted by atomic mass is 16.3. The van der Waals surface area contributed by atoms with Gasteiger partial charge < -0.3 is 40.6 Å². The number of rotatable bonds is 5. The summed E-state index contributed by atoms with van der Waals surface area (Å²) in [5, 5.41) is 80.0. The molecular weight excluding hydrogens is 833 g/mol. The summed E-state index contributed by atoms with van der Waals surface area (Å²) in [6, 6.07) is 55.4. The van der Waals surface area contributed by atoms with E-state index in [9.17, 15) is 35.7 Å². The van der Waals surface area contributed by atoms with Crippen molar-refractivity contribution in [1.82, 2.24) is 0 Å². The summed E-state index contributed by atoms with van der Waals surface area (Å²) in [6.07, 6.45) is 0. The van der Waals surface area contributed by atoms with Gasteiger partial charge in [-0.1, -0.05) is 141 Å². The lowest BCUT2D eigenvalue weighted by Gasteiger charge is -2.32. The van der Waals surface area contributed by atoms with Crippen LogP contribution in [0.4, 0.5) is 17.1 Å². The largest absolute Gasteiger partial charge is 0.508 e. The predicted molar refractivity (Wildman–Crippen MR) is 263 cm³/mol. The summed E-state index contributed by atoms with van der Waals surface area (Å²) in [7, 11) is 6.12. The van der Waals surface area contributed by atoms with Gasteiger partial charge in [-0.2, -0.15) is 0 Å². The van der Waals surface area contributed by atoms with E-state index in [-0.39, 0.29) is 27.7 Å². The number of hydrogen-bond donors (Lipinski definition) is 7. The zero-order valence-electron chi connectivity index (χ0n) is 36.2. The van der Waals surface area contributed by atoms with E-state index in [1.165, 1.54) is 22.3 Å². The molecule has 1 spiro atoms. The highest BCUT2D eigenvalue weighted by Crippen LogP contribution is 2.72. The van der Waals surface area contributed by atoms with Gasteiger partial charge in [0.15, 0.2) is 23.0 Å². The average Bonchev–Trinajstić information content (AvgIpc) is 3.93. The predicted octanol–water partition coefficient (Wildman–Crippen LogP) is 11.9. The number of nitrogens with zero attached hydrogens (tertiary/aromatic N) is 1. The molecule has 9 aromatic carbocycles. The van der Waals surface area contributed by atoms with E-state index in [0.29, 0.717) is 22.3 Å². The fraction of sp³-hybridized carbons (Fsp3) is 0.0690. The van der Waals surface area contributed by atoms with Gasteiger partial charge >= 0.3 is 0 Å². The van der Waals surface area contributed by atoms with Crippen molar-refractivity contribution in [3.05, 3.63) is 197 Å². The molecule has 3 aliphatic carbocycles. The summed E-state index contributed by atoms with van der Waals surface area (Å²) in [6.45, 7) is 4.55. The number of fused-ring (bicyclic) bond motifs is 13. The summed E-state index contributed by atoms with van der Waals surface area (Å²) in [5.41, 5.74) is 11.0. The number of anilines is 3. The van der Waals surface area contributed by atoms with Crippen molar-refractivity contribution >= 4 is 30.4 Å². The fourth-order valence-electron chi connectivity index (χ4n) is 11.4. The van der Waals surface area contributed by atoms with Gasteiger partial charge in [0.25, 0.3) is 0 Å². The highest BCUT2D eigenvalue weighted by Gasteiger charge is 2.58. The van der Waals surface area contributed by atoms with E-state index >= 15 is 0 Å². The van der Waals surface area contributed by atoms with Crippen molar-refractivity contribution in [1.29, 1.82) is 0 Å². The molecule has 12 rings (SSSR count). The van der Waals surface area contributed by atoms with Crippen molar-refractivity contribution in [2.75, 3.05) is 4.90 Å². The molecule has 2 radical (unpaired) electrons. The maximum absolute atomic E-state index is 11.9. The quantitative estimate of drug-likeness (QED) is 0.0514. The molecule has 1 unspecified atom stereocenters. The normalized spacial score (nSPS) is 15.4. The first-order valence-corrected chi connectivity index (χ1v) is 22.0. The van der Waals surface area contributed by atoms with Crippen LogP contribution in [-0.2, 0) is 10.8 Å². The number of benzene rings is 9. The van der Waals surface area contributed by atoms with Gasteiger partial charge in [-0.05, 0) is 109 Å². The molecule has 7 N–H and O–H groups in total. The van der Waals surface area contributed by atoms with E-state index < -0.39 is 51.1 Å². The van der Waals surface area contributed by atoms with Crippen LogP contribution in [0.5, 0.6) is 40.2 Å². The lowest BCUT2D eigenvalue weighted by molar-refractivity contribution is 0.343. The molecule has 9 aromatic rings. The zero-order valence-corrected chi connectivity index (χ0v) is 36.2. The molecule has 67 heavy (non-hydrogen) atoms. The van der Waals surface area contributed by atoms with E-state index in [0.717, 1.165) is 39.3 Å². The second kappa shape index (κ2) is 14.0. The van der Waals surface area contributed by atoms with E-state index in [4.69, 9.17) is 7.85 Å². The number of aromatic hydroxyl groups is 7. The van der Waals surface area contributed by atoms with Gasteiger partial charge in [0.1, 0.15) is 13.6 Å². The monoisotopic (exact) mass is 873 g/mol. The topological polar surface area (TPSA) is 145 Å². The Kier molecular flexibility index (Phi) is 8.34. The van der Waals surface area contributed by atoms with Gasteiger partial charge in [-0.15, -0.1) is 0 Å². The maximum atomic E-state index is 11.9. The summed E-state index contributed by atoms with van der Waals surface area (Å²) in [5.74, 6) is -5.84. The first-order chi connectivity index (χ1) is 32.3. The van der Waals surface area contributed by atoms with E-state index in [1.54, 1.807) is 12.1 Å². The standard InChI is InChI=1S/C58H40BNO7/c1-57(2)40-16-8-6-13-37(40)38-28-27-35(29-43(38)57)60(33-23-19-31(20-24-33)30-11-4-3-5-12-30)34-25-21-32(22-26-34)36-15-10-18-42-44(36)39-14-7-9-17-41(39)58(42)47-45(50(61)49(59)54(65)52(47)63)46-48(58)53(64)56(67)55(66)51(46)62/h3-29,61-67H,1-2H3. The minimum Gasteiger partial charge on any atom is -0.508 e. The average molecular weight is 874 g/mol. The van der Waals surface area contributed by atoms with Gasteiger partial charge in [-0.3, -0.25) is 0 Å². The number of hydrogen-bond acceptors (Lipinski definition) is 8. The Bertz CT molecular complexity index is 3520. The van der Waals surface area contributed by atoms with Gasteiger partial charge in [0.2, 0.25) is 11.5 Å². The highest BCUT2D eigenvalue weighted by molar-refractivity contribution is 6.37. The first-order valence-electron chi connectivity index (χ1n) is 22.0. The first kappa shape index (κ1) is 40.0. The van der Waals surface area contributed by atoms with Gasteiger partial charge in [0.05, 0.1) is 5.41 Å². The molecule has 0 bridgehead atoms. The molecule has 0 aliphatic heterocycles. The summed E-state index contributed by atoms with van der Waals surface area (Å²) >= 11 is 0. The molecule has 9 heteroatoms. The third-order valence-corrected chi connectivity index (χ3v) is 14.4.